The van der Waals surface area contributed by atoms with E-state index in [1.165, 1.54) is 0 Å². The first kappa shape index (κ1) is 14.6. The number of rotatable bonds is 6. The topological polar surface area (TPSA) is 29.5 Å². The Morgan fingerprint density at radius 3 is 2.05 bits per heavy atom. The Balaban J connectivity index is 1.96. The van der Waals surface area contributed by atoms with Crippen molar-refractivity contribution >= 4 is 0 Å². The second-order valence-corrected chi connectivity index (χ2v) is 5.47. The van der Waals surface area contributed by atoms with E-state index in [-0.39, 0.29) is 6.10 Å². The monoisotopic (exact) mass is 270 g/mol. The zero-order valence-corrected chi connectivity index (χ0v) is 12.1. The highest BCUT2D eigenvalue weighted by molar-refractivity contribution is 5.33. The SMILES string of the molecule is CC(C)CCC(O)c1ccc(Oc2ccccc2)cc1. The molecule has 0 fully saturated rings. The van der Waals surface area contributed by atoms with Gasteiger partial charge in [0.05, 0.1) is 6.10 Å². The maximum absolute atomic E-state index is 10.1. The normalized spacial score (nSPS) is 12.4. The third kappa shape index (κ3) is 4.39. The van der Waals surface area contributed by atoms with Gasteiger partial charge in [0, 0.05) is 0 Å². The molecule has 2 nitrogen and oxygen atoms in total. The van der Waals surface area contributed by atoms with E-state index in [1.807, 2.05) is 54.6 Å². The molecule has 0 bridgehead atoms. The number of ether oxygens (including phenoxy) is 1. The van der Waals surface area contributed by atoms with Crippen LogP contribution in [0.25, 0.3) is 0 Å². The largest absolute Gasteiger partial charge is 0.457 e. The van der Waals surface area contributed by atoms with E-state index in [0.29, 0.717) is 5.92 Å². The summed E-state index contributed by atoms with van der Waals surface area (Å²) >= 11 is 0. The molecule has 20 heavy (non-hydrogen) atoms. The number of para-hydroxylation sites is 1. The average molecular weight is 270 g/mol. The van der Waals surface area contributed by atoms with Crippen LogP contribution in [0.15, 0.2) is 54.6 Å². The molecule has 106 valence electrons. The number of aliphatic hydroxyl groups excluding tert-OH is 1. The molecule has 1 N–H and O–H groups in total. The van der Waals surface area contributed by atoms with Crippen LogP contribution in [0.3, 0.4) is 0 Å². The minimum absolute atomic E-state index is 0.386. The van der Waals surface area contributed by atoms with E-state index in [2.05, 4.69) is 13.8 Å². The van der Waals surface area contributed by atoms with Gasteiger partial charge in [0.15, 0.2) is 0 Å². The molecule has 2 heteroatoms. The van der Waals surface area contributed by atoms with Crippen molar-refractivity contribution < 1.29 is 9.84 Å². The molecule has 1 unspecified atom stereocenters. The number of aliphatic hydroxyl groups is 1. The maximum Gasteiger partial charge on any atom is 0.127 e. The standard InChI is InChI=1S/C18H22O2/c1-14(2)8-13-18(19)15-9-11-17(12-10-15)20-16-6-4-3-5-7-16/h3-7,9-12,14,18-19H,8,13H2,1-2H3. The lowest BCUT2D eigenvalue weighted by molar-refractivity contribution is 0.159. The molecule has 0 heterocycles. The van der Waals surface area contributed by atoms with Crippen molar-refractivity contribution in [2.75, 3.05) is 0 Å². The summed E-state index contributed by atoms with van der Waals surface area (Å²) in [5.74, 6) is 2.22. The fraction of sp³-hybridized carbons (Fsp3) is 0.333. The number of hydrogen-bond donors (Lipinski definition) is 1. The van der Waals surface area contributed by atoms with Crippen molar-refractivity contribution in [1.29, 1.82) is 0 Å². The molecule has 1 atom stereocenters. The molecule has 0 aliphatic heterocycles. The van der Waals surface area contributed by atoms with Gasteiger partial charge < -0.3 is 9.84 Å². The molecule has 0 saturated heterocycles. The van der Waals surface area contributed by atoms with E-state index >= 15 is 0 Å². The highest BCUT2D eigenvalue weighted by Crippen LogP contribution is 2.25. The molecule has 0 aliphatic rings. The summed E-state index contributed by atoms with van der Waals surface area (Å²) in [5, 5.41) is 10.1. The van der Waals surface area contributed by atoms with Crippen LogP contribution >= 0.6 is 0 Å². The first-order valence-electron chi connectivity index (χ1n) is 7.16. The van der Waals surface area contributed by atoms with E-state index in [1.54, 1.807) is 0 Å². The Hall–Kier alpha value is -1.80. The predicted molar refractivity (Wildman–Crippen MR) is 82.0 cm³/mol. The summed E-state index contributed by atoms with van der Waals surface area (Å²) in [6, 6.07) is 17.4. The average Bonchev–Trinajstić information content (AvgIpc) is 2.46. The first-order valence-corrected chi connectivity index (χ1v) is 7.16. The molecule has 0 aliphatic carbocycles. The molecule has 2 aromatic carbocycles. The Labute approximate surface area is 121 Å². The lowest BCUT2D eigenvalue weighted by atomic mass is 10.00. The summed E-state index contributed by atoms with van der Waals surface area (Å²) in [7, 11) is 0. The molecule has 0 saturated carbocycles. The smallest absolute Gasteiger partial charge is 0.127 e. The van der Waals surface area contributed by atoms with Crippen molar-refractivity contribution in [3.8, 4) is 11.5 Å². The van der Waals surface area contributed by atoms with Gasteiger partial charge in [0.1, 0.15) is 11.5 Å². The van der Waals surface area contributed by atoms with Gasteiger partial charge >= 0.3 is 0 Å². The van der Waals surface area contributed by atoms with E-state index in [9.17, 15) is 5.11 Å². The summed E-state index contributed by atoms with van der Waals surface area (Å²) < 4.78 is 5.73. The Bertz CT molecular complexity index is 503. The maximum atomic E-state index is 10.1. The third-order valence-corrected chi connectivity index (χ3v) is 3.26. The van der Waals surface area contributed by atoms with E-state index in [4.69, 9.17) is 4.74 Å². The van der Waals surface area contributed by atoms with Crippen LogP contribution in [-0.4, -0.2) is 5.11 Å². The zero-order chi connectivity index (χ0) is 14.4. The third-order valence-electron chi connectivity index (χ3n) is 3.26. The van der Waals surface area contributed by atoms with Gasteiger partial charge in [-0.1, -0.05) is 44.2 Å². The highest BCUT2D eigenvalue weighted by Gasteiger charge is 2.08. The van der Waals surface area contributed by atoms with Crippen LogP contribution in [0.2, 0.25) is 0 Å². The molecule has 0 amide bonds. The quantitative estimate of drug-likeness (QED) is 0.804. The minimum Gasteiger partial charge on any atom is -0.457 e. The fourth-order valence-corrected chi connectivity index (χ4v) is 2.04. The first-order chi connectivity index (χ1) is 9.65. The van der Waals surface area contributed by atoms with Crippen molar-refractivity contribution in [3.05, 3.63) is 60.2 Å². The Kier molecular flexibility index (Phi) is 5.19. The summed E-state index contributed by atoms with van der Waals surface area (Å²) in [6.07, 6.45) is 1.45. The highest BCUT2D eigenvalue weighted by atomic mass is 16.5. The van der Waals surface area contributed by atoms with Crippen LogP contribution in [0, 0.1) is 5.92 Å². The molecule has 2 aromatic rings. The van der Waals surface area contributed by atoms with Gasteiger partial charge in [0.25, 0.3) is 0 Å². The van der Waals surface area contributed by atoms with Crippen molar-refractivity contribution in [3.63, 3.8) is 0 Å². The van der Waals surface area contributed by atoms with Gasteiger partial charge in [-0.2, -0.15) is 0 Å². The van der Waals surface area contributed by atoms with Gasteiger partial charge in [0.2, 0.25) is 0 Å². The molecule has 0 spiro atoms. The van der Waals surface area contributed by atoms with E-state index in [0.717, 1.165) is 29.9 Å². The Morgan fingerprint density at radius 2 is 1.45 bits per heavy atom. The summed E-state index contributed by atoms with van der Waals surface area (Å²) in [6.45, 7) is 4.34. The molecular weight excluding hydrogens is 248 g/mol. The van der Waals surface area contributed by atoms with Gasteiger partial charge in [-0.05, 0) is 48.6 Å². The lowest BCUT2D eigenvalue weighted by Gasteiger charge is -2.13. The molecule has 0 aromatic heterocycles. The second kappa shape index (κ2) is 7.11. The van der Waals surface area contributed by atoms with Crippen LogP contribution < -0.4 is 4.74 Å². The zero-order valence-electron chi connectivity index (χ0n) is 12.1. The fourth-order valence-electron chi connectivity index (χ4n) is 2.04. The minimum atomic E-state index is -0.386. The molecule has 0 radical (unpaired) electrons. The van der Waals surface area contributed by atoms with Gasteiger partial charge in [-0.25, -0.2) is 0 Å². The van der Waals surface area contributed by atoms with Crippen molar-refractivity contribution in [1.82, 2.24) is 0 Å². The second-order valence-electron chi connectivity index (χ2n) is 5.47. The summed E-state index contributed by atoms with van der Waals surface area (Å²) in [5.41, 5.74) is 0.950. The van der Waals surface area contributed by atoms with Crippen LogP contribution in [0.4, 0.5) is 0 Å². The lowest BCUT2D eigenvalue weighted by Crippen LogP contribution is -1.99. The van der Waals surface area contributed by atoms with Crippen molar-refractivity contribution in [2.45, 2.75) is 32.8 Å². The predicted octanol–water partition coefficient (Wildman–Crippen LogP) is 4.95. The van der Waals surface area contributed by atoms with Crippen LogP contribution in [-0.2, 0) is 0 Å². The van der Waals surface area contributed by atoms with Gasteiger partial charge in [-0.15, -0.1) is 0 Å². The Morgan fingerprint density at radius 1 is 0.850 bits per heavy atom. The summed E-state index contributed by atoms with van der Waals surface area (Å²) in [4.78, 5) is 0. The van der Waals surface area contributed by atoms with E-state index < -0.39 is 0 Å². The van der Waals surface area contributed by atoms with Crippen LogP contribution in [0.1, 0.15) is 38.4 Å². The molecular formula is C18H22O2. The molecule has 2 rings (SSSR count). The van der Waals surface area contributed by atoms with Crippen LogP contribution in [0.5, 0.6) is 11.5 Å². The number of benzene rings is 2. The number of hydrogen-bond acceptors (Lipinski definition) is 2. The van der Waals surface area contributed by atoms with Gasteiger partial charge in [-0.3, -0.25) is 0 Å². The van der Waals surface area contributed by atoms with Crippen molar-refractivity contribution in [2.24, 2.45) is 5.92 Å².